The summed E-state index contributed by atoms with van der Waals surface area (Å²) in [5.41, 5.74) is 5.93. The molecule has 2 nitrogen and oxygen atoms in total. The molecular weight excluding hydrogens is 114 g/mol. The van der Waals surface area contributed by atoms with Crippen LogP contribution in [0, 0.1) is 5.41 Å². The van der Waals surface area contributed by atoms with Gasteiger partial charge in [0.1, 0.15) is 0 Å². The van der Waals surface area contributed by atoms with Crippen molar-refractivity contribution in [2.45, 2.75) is 19.8 Å². The molecule has 9 heavy (non-hydrogen) atoms. The van der Waals surface area contributed by atoms with Gasteiger partial charge in [-0.25, -0.2) is 0 Å². The van der Waals surface area contributed by atoms with Gasteiger partial charge in [0, 0.05) is 18.6 Å². The average molecular weight is 129 g/mol. The van der Waals surface area contributed by atoms with Crippen molar-refractivity contribution >= 4 is 0 Å². The maximum Gasteiger partial charge on any atom is 0.0534 e. The average Bonchev–Trinajstić information content (AvgIpc) is 2.65. The number of hydrogen-bond donors (Lipinski definition) is 1. The maximum absolute atomic E-state index is 5.53. The Morgan fingerprint density at radius 3 is 2.56 bits per heavy atom. The summed E-state index contributed by atoms with van der Waals surface area (Å²) in [4.78, 5) is 0. The smallest absolute Gasteiger partial charge is 0.0534 e. The van der Waals surface area contributed by atoms with Gasteiger partial charge in [-0.15, -0.1) is 0 Å². The van der Waals surface area contributed by atoms with E-state index in [2.05, 4.69) is 0 Å². The van der Waals surface area contributed by atoms with Gasteiger partial charge in [0.05, 0.1) is 6.61 Å². The summed E-state index contributed by atoms with van der Waals surface area (Å²) >= 11 is 0. The zero-order chi connectivity index (χ0) is 6.74. The van der Waals surface area contributed by atoms with Crippen molar-refractivity contribution in [2.75, 3.05) is 19.8 Å². The SMILES string of the molecule is CCOCC1(CN)CC1. The Hall–Kier alpha value is -0.0800. The predicted octanol–water partition coefficient (Wildman–Crippen LogP) is 0.762. The second-order valence-electron chi connectivity index (χ2n) is 2.84. The Kier molecular flexibility index (Phi) is 2.09. The first-order chi connectivity index (χ1) is 4.33. The Balaban J connectivity index is 2.10. The molecule has 0 aliphatic heterocycles. The van der Waals surface area contributed by atoms with Gasteiger partial charge in [0.15, 0.2) is 0 Å². The largest absolute Gasteiger partial charge is 0.381 e. The lowest BCUT2D eigenvalue weighted by Gasteiger charge is -2.10. The first kappa shape index (κ1) is 7.03. The monoisotopic (exact) mass is 129 g/mol. The number of rotatable bonds is 4. The van der Waals surface area contributed by atoms with Crippen LogP contribution in [0.25, 0.3) is 0 Å². The van der Waals surface area contributed by atoms with Gasteiger partial charge in [-0.2, -0.15) is 0 Å². The number of hydrogen-bond acceptors (Lipinski definition) is 2. The van der Waals surface area contributed by atoms with Crippen LogP contribution in [-0.4, -0.2) is 19.8 Å². The minimum atomic E-state index is 0.399. The van der Waals surface area contributed by atoms with Crippen LogP contribution < -0.4 is 5.73 Å². The van der Waals surface area contributed by atoms with Crippen LogP contribution in [0.3, 0.4) is 0 Å². The topological polar surface area (TPSA) is 35.2 Å². The minimum Gasteiger partial charge on any atom is -0.381 e. The van der Waals surface area contributed by atoms with Crippen molar-refractivity contribution < 1.29 is 4.74 Å². The van der Waals surface area contributed by atoms with E-state index in [1.54, 1.807) is 0 Å². The molecule has 0 bridgehead atoms. The van der Waals surface area contributed by atoms with E-state index in [4.69, 9.17) is 10.5 Å². The van der Waals surface area contributed by atoms with E-state index in [0.717, 1.165) is 19.8 Å². The molecule has 0 radical (unpaired) electrons. The zero-order valence-electron chi connectivity index (χ0n) is 6.02. The minimum absolute atomic E-state index is 0.399. The Morgan fingerprint density at radius 1 is 1.56 bits per heavy atom. The van der Waals surface area contributed by atoms with E-state index >= 15 is 0 Å². The quantitative estimate of drug-likeness (QED) is 0.608. The molecule has 0 spiro atoms. The predicted molar refractivity (Wildman–Crippen MR) is 37.2 cm³/mol. The van der Waals surface area contributed by atoms with Gasteiger partial charge in [0.2, 0.25) is 0 Å². The second kappa shape index (κ2) is 2.67. The van der Waals surface area contributed by atoms with Crippen LogP contribution in [-0.2, 0) is 4.74 Å². The Labute approximate surface area is 56.4 Å². The molecular formula is C7H15NO. The third-order valence-corrected chi connectivity index (χ3v) is 2.00. The highest BCUT2D eigenvalue weighted by atomic mass is 16.5. The molecule has 0 saturated heterocycles. The molecule has 1 aliphatic rings. The maximum atomic E-state index is 5.53. The lowest BCUT2D eigenvalue weighted by Crippen LogP contribution is -2.21. The zero-order valence-corrected chi connectivity index (χ0v) is 6.02. The molecule has 2 N–H and O–H groups in total. The molecule has 0 aromatic heterocycles. The van der Waals surface area contributed by atoms with E-state index < -0.39 is 0 Å². The highest BCUT2D eigenvalue weighted by Gasteiger charge is 2.41. The normalized spacial score (nSPS) is 22.0. The van der Waals surface area contributed by atoms with E-state index in [1.165, 1.54) is 12.8 Å². The summed E-state index contributed by atoms with van der Waals surface area (Å²) in [7, 11) is 0. The standard InChI is InChI=1S/C7H15NO/c1-2-9-6-7(5-8)3-4-7/h2-6,8H2,1H3. The number of nitrogens with two attached hydrogens (primary N) is 1. The summed E-state index contributed by atoms with van der Waals surface area (Å²) in [5.74, 6) is 0. The van der Waals surface area contributed by atoms with Crippen molar-refractivity contribution in [3.63, 3.8) is 0 Å². The molecule has 0 amide bonds. The van der Waals surface area contributed by atoms with Crippen molar-refractivity contribution in [1.29, 1.82) is 0 Å². The van der Waals surface area contributed by atoms with E-state index in [1.807, 2.05) is 6.92 Å². The van der Waals surface area contributed by atoms with Gasteiger partial charge >= 0.3 is 0 Å². The first-order valence-electron chi connectivity index (χ1n) is 3.61. The molecule has 0 aromatic rings. The summed E-state index contributed by atoms with van der Waals surface area (Å²) in [6, 6.07) is 0. The molecule has 1 saturated carbocycles. The molecule has 0 aromatic carbocycles. The highest BCUT2D eigenvalue weighted by Crippen LogP contribution is 2.44. The lowest BCUT2D eigenvalue weighted by molar-refractivity contribution is 0.104. The Bertz CT molecular complexity index is 88.9. The van der Waals surface area contributed by atoms with Crippen LogP contribution in [0.5, 0.6) is 0 Å². The molecule has 1 rings (SSSR count). The van der Waals surface area contributed by atoms with E-state index in [9.17, 15) is 0 Å². The van der Waals surface area contributed by atoms with Crippen molar-refractivity contribution in [3.05, 3.63) is 0 Å². The van der Waals surface area contributed by atoms with Crippen LogP contribution in [0.1, 0.15) is 19.8 Å². The summed E-state index contributed by atoms with van der Waals surface area (Å²) in [6.45, 7) is 4.52. The van der Waals surface area contributed by atoms with Gasteiger partial charge in [-0.3, -0.25) is 0 Å². The van der Waals surface area contributed by atoms with Crippen molar-refractivity contribution in [1.82, 2.24) is 0 Å². The fraction of sp³-hybridized carbons (Fsp3) is 1.00. The summed E-state index contributed by atoms with van der Waals surface area (Å²) in [6.07, 6.45) is 2.53. The molecule has 0 atom stereocenters. The van der Waals surface area contributed by atoms with Gasteiger partial charge in [0.25, 0.3) is 0 Å². The molecule has 1 fully saturated rings. The van der Waals surface area contributed by atoms with Crippen LogP contribution >= 0.6 is 0 Å². The molecule has 2 heteroatoms. The fourth-order valence-electron chi connectivity index (χ4n) is 0.903. The van der Waals surface area contributed by atoms with Gasteiger partial charge < -0.3 is 10.5 Å². The molecule has 0 unspecified atom stereocenters. The second-order valence-corrected chi connectivity index (χ2v) is 2.84. The highest BCUT2D eigenvalue weighted by molar-refractivity contribution is 4.93. The molecule has 0 heterocycles. The van der Waals surface area contributed by atoms with Crippen molar-refractivity contribution in [3.8, 4) is 0 Å². The Morgan fingerprint density at radius 2 is 2.22 bits per heavy atom. The van der Waals surface area contributed by atoms with E-state index in [-0.39, 0.29) is 0 Å². The van der Waals surface area contributed by atoms with Crippen LogP contribution in [0.2, 0.25) is 0 Å². The molecule has 1 aliphatic carbocycles. The molecule has 54 valence electrons. The van der Waals surface area contributed by atoms with Gasteiger partial charge in [-0.1, -0.05) is 0 Å². The third kappa shape index (κ3) is 1.66. The van der Waals surface area contributed by atoms with Crippen LogP contribution in [0.4, 0.5) is 0 Å². The summed E-state index contributed by atoms with van der Waals surface area (Å²) < 4.78 is 5.27. The van der Waals surface area contributed by atoms with E-state index in [0.29, 0.717) is 5.41 Å². The number of ether oxygens (including phenoxy) is 1. The fourth-order valence-corrected chi connectivity index (χ4v) is 0.903. The first-order valence-corrected chi connectivity index (χ1v) is 3.61. The lowest BCUT2D eigenvalue weighted by atomic mass is 10.1. The van der Waals surface area contributed by atoms with Crippen molar-refractivity contribution in [2.24, 2.45) is 11.1 Å². The van der Waals surface area contributed by atoms with Gasteiger partial charge in [-0.05, 0) is 19.8 Å². The van der Waals surface area contributed by atoms with Crippen LogP contribution in [0.15, 0.2) is 0 Å². The third-order valence-electron chi connectivity index (χ3n) is 2.00. The summed E-state index contributed by atoms with van der Waals surface area (Å²) in [5, 5.41) is 0.